The van der Waals surface area contributed by atoms with Gasteiger partial charge in [-0.1, -0.05) is 376 Å². The van der Waals surface area contributed by atoms with Gasteiger partial charge in [0.15, 0.2) is 17.3 Å². The smallest absolute Gasteiger partial charge is 0.478 e. The first kappa shape index (κ1) is 109. The molecule has 6 aliphatic carbocycles. The molecule has 0 atom stereocenters. The SMILES string of the molecule is C=C1C=C(c2ccc(C(=O)CC(C)C)cc2)CC(C)(C)C1.C=C1C=C(c2ccc(C(=O)CCc3ccccc3)cc2)CC(C)(C)C1.C=C1C=C(c2ccc(C(=O)Cc3ccccc3)cc2)CC(C)(C)C1.C=C1C=C(c2ccc(C(=O)N3CCCCC3)cc2)CC(C)(C)C1.C=C1C=C(c2ccc(C(=O)O)cc2)CC(C)(C)C1.C=C1C=C(c2ccc(C(=O)O)cc2)CC(C)(C)C1.C[NH2+]CCO.[Na+]. The molecule has 0 unspecified atom stereocenters. The Kier molecular flexibility index (Phi) is 40.6. The van der Waals surface area contributed by atoms with Gasteiger partial charge in [-0.05, 0) is 255 Å². The minimum atomic E-state index is -0.885. The first-order valence-corrected chi connectivity index (χ1v) is 48.0. The van der Waals surface area contributed by atoms with Gasteiger partial charge in [-0.3, -0.25) is 19.2 Å². The van der Waals surface area contributed by atoms with E-state index >= 15 is 0 Å². The Balaban J connectivity index is 0.000000197. The molecule has 15 rings (SSSR count). The van der Waals surface area contributed by atoms with Gasteiger partial charge >= 0.3 is 41.5 Å². The van der Waals surface area contributed by atoms with Gasteiger partial charge in [0, 0.05) is 54.6 Å². The topological polar surface area (TPSA) is 183 Å². The molecule has 12 heteroatoms. The number of hydrogen-bond acceptors (Lipinski definition) is 7. The number of aromatic carboxylic acids is 2. The van der Waals surface area contributed by atoms with Crippen LogP contribution in [0.5, 0.6) is 0 Å². The molecule has 135 heavy (non-hydrogen) atoms. The Hall–Kier alpha value is -11.0. The van der Waals surface area contributed by atoms with Gasteiger partial charge in [0.05, 0.1) is 31.3 Å². The minimum absolute atomic E-state index is 0. The van der Waals surface area contributed by atoms with E-state index in [2.05, 4.69) is 234 Å². The normalized spacial score (nSPS) is 17.5. The van der Waals surface area contributed by atoms with Crippen LogP contribution in [0.3, 0.4) is 0 Å². The third-order valence-electron chi connectivity index (χ3n) is 25.1. The summed E-state index contributed by atoms with van der Waals surface area (Å²) in [6.45, 7) is 59.0. The molecule has 8 aromatic carbocycles. The second-order valence-electron chi connectivity index (χ2n) is 42.9. The molecule has 1 amide bonds. The van der Waals surface area contributed by atoms with Crippen molar-refractivity contribution in [1.29, 1.82) is 0 Å². The summed E-state index contributed by atoms with van der Waals surface area (Å²) in [5, 5.41) is 27.7. The summed E-state index contributed by atoms with van der Waals surface area (Å²) in [7, 11) is 1.93. The van der Waals surface area contributed by atoms with E-state index in [1.54, 1.807) is 24.3 Å². The monoisotopic (exact) mass is 1820 g/mol. The fourth-order valence-electron chi connectivity index (χ4n) is 19.3. The van der Waals surface area contributed by atoms with E-state index in [1.165, 1.54) is 90.0 Å². The van der Waals surface area contributed by atoms with Crippen molar-refractivity contribution in [1.82, 2.24) is 4.90 Å². The largest absolute Gasteiger partial charge is 1.00 e. The molecular formula is C123H149N2NaO9+2. The Bertz CT molecular complexity index is 5590. The molecule has 704 valence electrons. The molecule has 1 fully saturated rings. The summed E-state index contributed by atoms with van der Waals surface area (Å²) in [6, 6.07) is 66.6. The fraction of sp³-hybridized carbons (Fsp3) is 0.366. The second kappa shape index (κ2) is 50.2. The van der Waals surface area contributed by atoms with Crippen molar-refractivity contribution in [2.24, 2.45) is 38.4 Å². The number of aryl methyl sites for hydroxylation is 1. The van der Waals surface area contributed by atoms with Crippen molar-refractivity contribution in [3.63, 3.8) is 0 Å². The zero-order chi connectivity index (χ0) is 97.9. The van der Waals surface area contributed by atoms with Crippen molar-refractivity contribution in [3.05, 3.63) is 394 Å². The average molecular weight is 1820 g/mol. The van der Waals surface area contributed by atoms with Gasteiger partial charge in [0.2, 0.25) is 0 Å². The van der Waals surface area contributed by atoms with E-state index < -0.39 is 11.9 Å². The van der Waals surface area contributed by atoms with Gasteiger partial charge in [-0.25, -0.2) is 9.59 Å². The first-order chi connectivity index (χ1) is 63.2. The molecule has 11 nitrogen and oxygen atoms in total. The number of ketones is 3. The molecule has 0 bridgehead atoms. The molecule has 1 heterocycles. The molecule has 0 spiro atoms. The Labute approximate surface area is 830 Å². The second-order valence-corrected chi connectivity index (χ2v) is 42.9. The molecular weight excluding hydrogens is 1670 g/mol. The maximum Gasteiger partial charge on any atom is 1.00 e. The molecule has 0 radical (unpaired) electrons. The summed E-state index contributed by atoms with van der Waals surface area (Å²) < 4.78 is 0. The average Bonchev–Trinajstić information content (AvgIpc) is 0.827. The number of nitrogens with zero attached hydrogens (tertiary/aromatic N) is 1. The number of amides is 1. The number of benzene rings is 8. The number of aliphatic hydroxyl groups is 1. The van der Waals surface area contributed by atoms with E-state index in [1.807, 2.05) is 139 Å². The number of Topliss-reactive ketones (excluding diaryl/α,β-unsaturated/α-hetero) is 3. The van der Waals surface area contributed by atoms with Crippen molar-refractivity contribution >= 4 is 68.6 Å². The number of quaternary nitrogens is 1. The zero-order valence-corrected chi connectivity index (χ0v) is 86.0. The number of allylic oxidation sites excluding steroid dienone is 18. The summed E-state index contributed by atoms with van der Waals surface area (Å²) in [6.07, 6.45) is 31.5. The number of rotatable bonds is 21. The maximum absolute atomic E-state index is 12.5. The van der Waals surface area contributed by atoms with Crippen LogP contribution in [-0.4, -0.2) is 88.7 Å². The van der Waals surface area contributed by atoms with E-state index in [9.17, 15) is 28.8 Å². The van der Waals surface area contributed by atoms with Crippen LogP contribution >= 0.6 is 0 Å². The molecule has 0 saturated carbocycles. The number of carbonyl (C=O) groups excluding carboxylic acids is 4. The molecule has 0 aromatic heterocycles. The maximum atomic E-state index is 12.5. The summed E-state index contributed by atoms with van der Waals surface area (Å²) in [5.74, 6) is -0.583. The molecule has 1 aliphatic heterocycles. The summed E-state index contributed by atoms with van der Waals surface area (Å²) in [5.41, 5.74) is 29.5. The van der Waals surface area contributed by atoms with Crippen molar-refractivity contribution in [2.75, 3.05) is 33.3 Å². The van der Waals surface area contributed by atoms with Crippen LogP contribution in [0, 0.1) is 38.4 Å². The van der Waals surface area contributed by atoms with Gasteiger partial charge in [0.25, 0.3) is 5.91 Å². The third kappa shape index (κ3) is 35.9. The van der Waals surface area contributed by atoms with Crippen molar-refractivity contribution < 1.29 is 79.0 Å². The number of carboxylic acids is 2. The zero-order valence-electron chi connectivity index (χ0n) is 84.0. The van der Waals surface area contributed by atoms with Crippen LogP contribution in [0.1, 0.15) is 313 Å². The predicted molar refractivity (Wildman–Crippen MR) is 560 cm³/mol. The summed E-state index contributed by atoms with van der Waals surface area (Å²) >= 11 is 0. The predicted octanol–water partition coefficient (Wildman–Crippen LogP) is 26.3. The van der Waals surface area contributed by atoms with Crippen molar-refractivity contribution in [2.45, 2.75) is 219 Å². The van der Waals surface area contributed by atoms with E-state index in [-0.39, 0.29) is 91.9 Å². The van der Waals surface area contributed by atoms with Crippen LogP contribution < -0.4 is 34.9 Å². The van der Waals surface area contributed by atoms with Crippen LogP contribution in [0.15, 0.2) is 316 Å². The van der Waals surface area contributed by atoms with E-state index in [0.29, 0.717) is 36.3 Å². The number of nitrogens with two attached hydrogens (primary N) is 1. The molecule has 8 aromatic rings. The van der Waals surface area contributed by atoms with Gasteiger partial charge in [-0.15, -0.1) is 0 Å². The number of hydrogen-bond donors (Lipinski definition) is 4. The van der Waals surface area contributed by atoms with Crippen LogP contribution in [-0.2, 0) is 12.8 Å². The van der Waals surface area contributed by atoms with E-state index in [0.717, 1.165) is 166 Å². The summed E-state index contributed by atoms with van der Waals surface area (Å²) in [4.78, 5) is 73.1. The molecule has 5 N–H and O–H groups in total. The van der Waals surface area contributed by atoms with Gasteiger partial charge in [-0.2, -0.15) is 0 Å². The number of likely N-dealkylation sites (tertiary alicyclic amines) is 1. The number of carboxylic acid groups (broad SMARTS) is 2. The standard InChI is InChI=1S/C24H26O.C23H24O.C21H27NO.C20H26O.2C16H18O2.C3H9NO.Na/c1-18-15-22(17-24(2,3)16-18)20-10-12-21(13-11-20)23(25)14-9-19-7-5-4-6-8-19;1-17-13-21(16-23(2,3)15-17)19-9-11-20(12-10-19)22(24)14-18-7-5-4-6-8-18;1-16-13-19(15-21(2,3)14-16)17-7-9-18(10-8-17)20(23)22-11-5-4-6-12-22;1-14(2)10-19(21)17-8-6-16(7-9-17)18-11-15(3)12-20(4,5)13-18;2*1-11-8-14(10-16(2,3)9-11)12-4-6-13(7-5-12)15(17)18;1-4-2-3-5;/h4-8,10-13,15H,1,9,14,16-17H2,2-3H3;4-13H,1,14-16H2,2-3H3;7-10,13H,1,4-6,11-12,14-15H2,2-3H3;6-9,11,14H,3,10,12-13H2,1-2,4-5H3;2*4-8H,1,9-10H2,2-3H3,(H,17,18);4-5H,2-3H2,1H3;/q;;;;;;;+1/p+1. The molecule has 1 saturated heterocycles. The minimum Gasteiger partial charge on any atom is -0.478 e. The quantitative estimate of drug-likeness (QED) is 0.0402. The van der Waals surface area contributed by atoms with Crippen LogP contribution in [0.4, 0.5) is 0 Å². The van der Waals surface area contributed by atoms with Gasteiger partial charge in [0.1, 0.15) is 0 Å². The van der Waals surface area contributed by atoms with Crippen LogP contribution in [0.25, 0.3) is 33.4 Å². The first-order valence-electron chi connectivity index (χ1n) is 48.0. The number of piperidine rings is 1. The Morgan fingerprint density at radius 3 is 0.830 bits per heavy atom. The fourth-order valence-corrected chi connectivity index (χ4v) is 19.3. The number of likely N-dealkylation sites (N-methyl/N-ethyl adjacent to an activating group) is 1. The van der Waals surface area contributed by atoms with Crippen LogP contribution in [0.2, 0.25) is 0 Å². The van der Waals surface area contributed by atoms with E-state index in [4.69, 9.17) is 15.3 Å². The van der Waals surface area contributed by atoms with Crippen molar-refractivity contribution in [3.8, 4) is 0 Å². The Morgan fingerprint density at radius 1 is 0.333 bits per heavy atom. The number of carbonyl (C=O) groups is 6. The van der Waals surface area contributed by atoms with Gasteiger partial charge < -0.3 is 25.5 Å². The Morgan fingerprint density at radius 2 is 0.585 bits per heavy atom. The third-order valence-corrected chi connectivity index (χ3v) is 25.1. The molecule has 7 aliphatic rings. The number of aliphatic hydroxyl groups excluding tert-OH is 1.